The molecular formula is C22H40O16. The molecule has 224 valence electrons. The molecule has 0 saturated carbocycles. The summed E-state index contributed by atoms with van der Waals surface area (Å²) in [5.41, 5.74) is 0. The van der Waals surface area contributed by atoms with Crippen LogP contribution in [-0.2, 0) is 23.7 Å². The van der Waals surface area contributed by atoms with Crippen LogP contribution in [0.3, 0.4) is 0 Å². The van der Waals surface area contributed by atoms with Crippen molar-refractivity contribution in [3.63, 3.8) is 0 Å². The second kappa shape index (κ2) is 14.3. The number of aliphatic hydroxyl groups is 11. The molecule has 3 heterocycles. The molecule has 0 aromatic carbocycles. The van der Waals surface area contributed by atoms with Crippen molar-refractivity contribution in [2.45, 2.75) is 79.5 Å². The molecule has 0 aromatic heterocycles. The lowest BCUT2D eigenvalue weighted by Gasteiger charge is -2.43. The van der Waals surface area contributed by atoms with Crippen molar-refractivity contribution in [2.75, 3.05) is 46.2 Å². The summed E-state index contributed by atoms with van der Waals surface area (Å²) in [6.45, 7) is -2.83. The predicted octanol–water partition coefficient (Wildman–Crippen LogP) is -6.99. The smallest absolute Gasteiger partial charge is 0.183 e. The second-order valence-electron chi connectivity index (χ2n) is 9.88. The van der Waals surface area contributed by atoms with Crippen molar-refractivity contribution in [2.24, 2.45) is 11.8 Å². The Bertz CT molecular complexity index is 696. The van der Waals surface area contributed by atoms with Crippen LogP contribution in [0.5, 0.6) is 0 Å². The predicted molar refractivity (Wildman–Crippen MR) is 120 cm³/mol. The maximum absolute atomic E-state index is 10.7. The van der Waals surface area contributed by atoms with E-state index in [0.717, 1.165) is 0 Å². The Balaban J connectivity index is 1.50. The van der Waals surface area contributed by atoms with Crippen LogP contribution >= 0.6 is 0 Å². The van der Waals surface area contributed by atoms with Crippen molar-refractivity contribution in [3.05, 3.63) is 0 Å². The van der Waals surface area contributed by atoms with Crippen LogP contribution in [0.4, 0.5) is 0 Å². The summed E-state index contributed by atoms with van der Waals surface area (Å²) in [7, 11) is 0. The van der Waals surface area contributed by atoms with Crippen LogP contribution in [0.25, 0.3) is 0 Å². The standard InChI is InChI=1S/C22H40O16/c23-1-10-8(4-34-7-14-19(30)20(31)17(28)12(3-25)37-14)15(26)18(29)13(36-10)6-35-5-9-11(2-24)38-22(33)21(32)16(9)27/h8-33H,1-7H2. The van der Waals surface area contributed by atoms with Gasteiger partial charge in [-0.25, -0.2) is 0 Å². The molecule has 0 bridgehead atoms. The maximum Gasteiger partial charge on any atom is 0.183 e. The number of hydrogen-bond donors (Lipinski definition) is 11. The Kier molecular flexibility index (Phi) is 12.0. The number of ether oxygens (including phenoxy) is 5. The van der Waals surface area contributed by atoms with E-state index in [0.29, 0.717) is 0 Å². The zero-order chi connectivity index (χ0) is 28.1. The lowest BCUT2D eigenvalue weighted by atomic mass is 9.87. The van der Waals surface area contributed by atoms with E-state index in [2.05, 4.69) is 0 Å². The zero-order valence-electron chi connectivity index (χ0n) is 20.6. The van der Waals surface area contributed by atoms with E-state index in [-0.39, 0.29) is 26.4 Å². The van der Waals surface area contributed by atoms with Crippen molar-refractivity contribution < 1.29 is 79.9 Å². The maximum atomic E-state index is 10.7. The SMILES string of the molecule is OCC1OC(COCC2C(CO)OC(COCC3C(CO)OC(O)C(O)C3O)C(O)C2O)C(O)C(O)C1O. The second-order valence-corrected chi connectivity index (χ2v) is 9.88. The minimum Gasteiger partial charge on any atom is -0.394 e. The zero-order valence-corrected chi connectivity index (χ0v) is 20.6. The fourth-order valence-corrected chi connectivity index (χ4v) is 4.96. The van der Waals surface area contributed by atoms with Gasteiger partial charge in [-0.05, 0) is 0 Å². The van der Waals surface area contributed by atoms with E-state index in [4.69, 9.17) is 23.7 Å². The van der Waals surface area contributed by atoms with Gasteiger partial charge in [0.25, 0.3) is 0 Å². The van der Waals surface area contributed by atoms with Gasteiger partial charge in [0.2, 0.25) is 0 Å². The van der Waals surface area contributed by atoms with Crippen LogP contribution in [0.15, 0.2) is 0 Å². The van der Waals surface area contributed by atoms with Gasteiger partial charge in [-0.15, -0.1) is 0 Å². The third-order valence-electron chi connectivity index (χ3n) is 7.41. The molecule has 3 fully saturated rings. The topological polar surface area (TPSA) is 269 Å². The molecule has 16 heteroatoms. The first-order chi connectivity index (χ1) is 18.0. The molecule has 0 amide bonds. The Morgan fingerprint density at radius 1 is 0.395 bits per heavy atom. The molecule has 0 radical (unpaired) electrons. The molecular weight excluding hydrogens is 520 g/mol. The minimum atomic E-state index is -1.68. The van der Waals surface area contributed by atoms with E-state index >= 15 is 0 Å². The number of hydrogen-bond acceptors (Lipinski definition) is 16. The van der Waals surface area contributed by atoms with E-state index in [1.807, 2.05) is 0 Å². The summed E-state index contributed by atoms with van der Waals surface area (Å²) in [5.74, 6) is -1.83. The normalized spacial score (nSPS) is 48.2. The van der Waals surface area contributed by atoms with E-state index in [9.17, 15) is 56.2 Å². The largest absolute Gasteiger partial charge is 0.394 e. The van der Waals surface area contributed by atoms with Crippen molar-refractivity contribution in [3.8, 4) is 0 Å². The highest BCUT2D eigenvalue weighted by Gasteiger charge is 2.47. The highest BCUT2D eigenvalue weighted by molar-refractivity contribution is 4.94. The van der Waals surface area contributed by atoms with Crippen molar-refractivity contribution in [1.82, 2.24) is 0 Å². The Morgan fingerprint density at radius 2 is 0.789 bits per heavy atom. The van der Waals surface area contributed by atoms with Crippen molar-refractivity contribution in [1.29, 1.82) is 0 Å². The van der Waals surface area contributed by atoms with Gasteiger partial charge in [0.15, 0.2) is 6.29 Å². The number of rotatable bonds is 11. The first-order valence-electron chi connectivity index (χ1n) is 12.4. The van der Waals surface area contributed by atoms with E-state index in [1.165, 1.54) is 0 Å². The average Bonchev–Trinajstić information content (AvgIpc) is 2.91. The summed E-state index contributed by atoms with van der Waals surface area (Å²) in [4.78, 5) is 0. The van der Waals surface area contributed by atoms with E-state index < -0.39 is 111 Å². The van der Waals surface area contributed by atoms with Gasteiger partial charge in [-0.2, -0.15) is 0 Å². The molecule has 3 aliphatic rings. The van der Waals surface area contributed by atoms with Gasteiger partial charge < -0.3 is 79.9 Å². The van der Waals surface area contributed by atoms with Crippen LogP contribution in [0.1, 0.15) is 0 Å². The molecule has 0 spiro atoms. The summed E-state index contributed by atoms with van der Waals surface area (Å²) in [6.07, 6.45) is -17.6. The quantitative estimate of drug-likeness (QED) is 0.112. The molecule has 3 aliphatic heterocycles. The van der Waals surface area contributed by atoms with Gasteiger partial charge in [0.1, 0.15) is 48.8 Å². The lowest BCUT2D eigenvalue weighted by molar-refractivity contribution is -0.282. The number of aliphatic hydroxyl groups excluding tert-OH is 11. The lowest BCUT2D eigenvalue weighted by Crippen LogP contribution is -2.60. The van der Waals surface area contributed by atoms with Crippen LogP contribution in [-0.4, -0.2) is 182 Å². The minimum absolute atomic E-state index is 0.254. The Labute approximate surface area is 218 Å². The molecule has 15 atom stereocenters. The highest BCUT2D eigenvalue weighted by atomic mass is 16.6. The van der Waals surface area contributed by atoms with E-state index in [1.54, 1.807) is 0 Å². The molecule has 0 aliphatic carbocycles. The van der Waals surface area contributed by atoms with Crippen LogP contribution in [0, 0.1) is 11.8 Å². The van der Waals surface area contributed by atoms with Crippen molar-refractivity contribution >= 4 is 0 Å². The monoisotopic (exact) mass is 560 g/mol. The molecule has 11 N–H and O–H groups in total. The molecule has 3 rings (SSSR count). The summed E-state index contributed by atoms with van der Waals surface area (Å²) in [5, 5.41) is 109. The van der Waals surface area contributed by atoms with Gasteiger partial charge in [0.05, 0.1) is 70.7 Å². The van der Waals surface area contributed by atoms with Gasteiger partial charge >= 0.3 is 0 Å². The molecule has 0 aromatic rings. The van der Waals surface area contributed by atoms with Crippen LogP contribution < -0.4 is 0 Å². The third kappa shape index (κ3) is 6.98. The summed E-state index contributed by atoms with van der Waals surface area (Å²) >= 11 is 0. The third-order valence-corrected chi connectivity index (χ3v) is 7.41. The first kappa shape index (κ1) is 31.9. The summed E-state index contributed by atoms with van der Waals surface area (Å²) < 4.78 is 27.1. The summed E-state index contributed by atoms with van der Waals surface area (Å²) in [6, 6.07) is 0. The molecule has 15 unspecified atom stereocenters. The van der Waals surface area contributed by atoms with Gasteiger partial charge in [0, 0.05) is 11.8 Å². The van der Waals surface area contributed by atoms with Crippen LogP contribution in [0.2, 0.25) is 0 Å². The highest BCUT2D eigenvalue weighted by Crippen LogP contribution is 2.29. The van der Waals surface area contributed by atoms with Gasteiger partial charge in [-0.3, -0.25) is 0 Å². The average molecular weight is 561 g/mol. The molecule has 38 heavy (non-hydrogen) atoms. The molecule has 16 nitrogen and oxygen atoms in total. The first-order valence-corrected chi connectivity index (χ1v) is 12.4. The Hall–Kier alpha value is -0.640. The Morgan fingerprint density at radius 3 is 1.29 bits per heavy atom. The fraction of sp³-hybridized carbons (Fsp3) is 1.00. The van der Waals surface area contributed by atoms with Gasteiger partial charge in [-0.1, -0.05) is 0 Å². The molecule has 3 saturated heterocycles. The fourth-order valence-electron chi connectivity index (χ4n) is 4.96.